The molecule has 6 heteroatoms. The zero-order valence-electron chi connectivity index (χ0n) is 54.2. The molecule has 3 aromatic heterocycles. The normalized spacial score (nSPS) is 14.6. The van der Waals surface area contributed by atoms with E-state index in [-0.39, 0.29) is 21.7 Å². The van der Waals surface area contributed by atoms with E-state index in [9.17, 15) is 0 Å². The number of pyridine rings is 2. The summed E-state index contributed by atoms with van der Waals surface area (Å²) in [5, 5.41) is 4.23. The van der Waals surface area contributed by atoms with Crippen LogP contribution in [-0.2, 0) is 21.7 Å². The van der Waals surface area contributed by atoms with Crippen LogP contribution in [-0.4, -0.2) is 8.97 Å². The van der Waals surface area contributed by atoms with Gasteiger partial charge < -0.3 is 18.8 Å². The van der Waals surface area contributed by atoms with Gasteiger partial charge in [0.05, 0.1) is 72.5 Å². The standard InChI is InChI=1S/C90H64N4O2/c1-87(2,3)53-45-47-74-62(49-53)85(95)64-51-55(52-65-82(64)94(74)75-48-46-54(88(4,5)6)50-63(75)86(65)96)91-83-60(29-23-43-80(83)92-76-39-19-15-35-70(76)89(71-36-16-20-40-77(71)92)66-31-11-7-25-56(66)57-26-8-12-32-67(57)89)61-30-24-44-81(84(61)91)93-78-41-21-17-37-72(78)90(73-38-18-22-42-79(73)93)68-33-13-9-27-58(68)59-28-10-14-34-69(59)90/h7-52H,1-6H3. The monoisotopic (exact) mass is 1230 g/mol. The van der Waals surface area contributed by atoms with Crippen molar-refractivity contribution in [3.63, 3.8) is 0 Å². The molecule has 0 atom stereocenters. The van der Waals surface area contributed by atoms with Gasteiger partial charge in [-0.05, 0) is 162 Å². The Balaban J connectivity index is 0.949. The first-order valence-electron chi connectivity index (χ1n) is 33.6. The van der Waals surface area contributed by atoms with Gasteiger partial charge in [0.1, 0.15) is 0 Å². The van der Waals surface area contributed by atoms with E-state index >= 15 is 9.59 Å². The summed E-state index contributed by atoms with van der Waals surface area (Å²) in [5.74, 6) is 0. The molecule has 0 fully saturated rings. The second-order valence-electron chi connectivity index (χ2n) is 29.0. The summed E-state index contributed by atoms with van der Waals surface area (Å²) in [5.41, 5.74) is 25.7. The van der Waals surface area contributed by atoms with Crippen LogP contribution in [0.5, 0.6) is 0 Å². The Morgan fingerprint density at radius 1 is 0.271 bits per heavy atom. The highest BCUT2D eigenvalue weighted by Gasteiger charge is 2.54. The summed E-state index contributed by atoms with van der Waals surface area (Å²) in [4.78, 5) is 37.6. The molecule has 0 saturated carbocycles. The number of hydrogen-bond donors (Lipinski definition) is 0. The van der Waals surface area contributed by atoms with Gasteiger partial charge in [0.25, 0.3) is 0 Å². The summed E-state index contributed by atoms with van der Waals surface area (Å²) >= 11 is 0. The van der Waals surface area contributed by atoms with Crippen molar-refractivity contribution in [1.29, 1.82) is 0 Å². The van der Waals surface area contributed by atoms with E-state index in [1.165, 1.54) is 66.8 Å². The molecule has 5 heterocycles. The van der Waals surface area contributed by atoms with E-state index in [1.807, 2.05) is 0 Å². The lowest BCUT2D eigenvalue weighted by atomic mass is 9.64. The molecule has 96 heavy (non-hydrogen) atoms. The Labute approximate surface area is 555 Å². The number of aromatic nitrogens is 2. The number of rotatable bonds is 3. The van der Waals surface area contributed by atoms with Crippen LogP contribution in [0.2, 0.25) is 0 Å². The third-order valence-corrected chi connectivity index (χ3v) is 22.1. The van der Waals surface area contributed by atoms with Crippen LogP contribution in [0.1, 0.15) is 97.2 Å². The highest BCUT2D eigenvalue weighted by molar-refractivity contribution is 6.20. The van der Waals surface area contributed by atoms with Crippen molar-refractivity contribution in [2.75, 3.05) is 9.80 Å². The van der Waals surface area contributed by atoms with Crippen molar-refractivity contribution >= 4 is 94.0 Å². The molecular weight excluding hydrogens is 1170 g/mol. The van der Waals surface area contributed by atoms with Crippen molar-refractivity contribution in [3.8, 4) is 27.9 Å². The molecule has 4 aliphatic rings. The summed E-state index contributed by atoms with van der Waals surface area (Å²) in [6.07, 6.45) is 0. The van der Waals surface area contributed by atoms with Crippen LogP contribution in [0.4, 0.5) is 34.1 Å². The Kier molecular flexibility index (Phi) is 10.9. The molecule has 0 radical (unpaired) electrons. The average Bonchev–Trinajstić information content (AvgIpc) is 1.43. The second kappa shape index (κ2) is 19.1. The van der Waals surface area contributed by atoms with Crippen LogP contribution in [0.3, 0.4) is 0 Å². The second-order valence-corrected chi connectivity index (χ2v) is 29.0. The topological polar surface area (TPSA) is 50.0 Å². The van der Waals surface area contributed by atoms with Gasteiger partial charge in [-0.3, -0.25) is 9.59 Å². The minimum absolute atomic E-state index is 0.114. The molecule has 0 amide bonds. The van der Waals surface area contributed by atoms with E-state index in [1.54, 1.807) is 0 Å². The smallest absolute Gasteiger partial charge is 0.197 e. The summed E-state index contributed by atoms with van der Waals surface area (Å²) in [7, 11) is 0. The first kappa shape index (κ1) is 54.9. The molecule has 456 valence electrons. The quantitative estimate of drug-likeness (QED) is 0.131. The molecule has 0 saturated heterocycles. The Morgan fingerprint density at radius 2 is 0.573 bits per heavy atom. The third-order valence-electron chi connectivity index (χ3n) is 22.1. The van der Waals surface area contributed by atoms with Crippen LogP contribution in [0.25, 0.3) is 87.8 Å². The van der Waals surface area contributed by atoms with Crippen molar-refractivity contribution < 1.29 is 0 Å². The Bertz CT molecular complexity index is 5710. The SMILES string of the molecule is CC(C)(C)c1ccc2c(c1)c(=O)c1cc(-n3c4c(N5c6ccccc6C6(c7ccccc7-c7ccccc76)c6ccccc65)cccc4c4cccc(N5c6ccccc6C6(c7ccccc7-c7ccccc76)c6ccccc65)c43)cc3c(=O)c4cc(C(C)(C)C)ccc4n2c13. The molecule has 2 aliphatic carbocycles. The van der Waals surface area contributed by atoms with Crippen molar-refractivity contribution in [2.45, 2.75) is 63.2 Å². The van der Waals surface area contributed by atoms with Crippen LogP contribution < -0.4 is 20.7 Å². The fraction of sp³-hybridized carbons (Fsp3) is 0.111. The van der Waals surface area contributed by atoms with E-state index < -0.39 is 10.8 Å². The number of benzene rings is 13. The predicted octanol–water partition coefficient (Wildman–Crippen LogP) is 21.5. The van der Waals surface area contributed by atoms with Crippen LogP contribution >= 0.6 is 0 Å². The minimum Gasteiger partial charge on any atom is -0.308 e. The van der Waals surface area contributed by atoms with E-state index in [4.69, 9.17) is 0 Å². The third kappa shape index (κ3) is 6.85. The summed E-state index contributed by atoms with van der Waals surface area (Å²) in [6, 6.07) is 102. The van der Waals surface area contributed by atoms with Crippen molar-refractivity contribution in [1.82, 2.24) is 8.97 Å². The number of nitrogens with zero attached hydrogens (tertiary/aromatic N) is 4. The lowest BCUT2D eigenvalue weighted by molar-refractivity contribution is 0.591. The number of fused-ring (bicyclic) bond motifs is 25. The van der Waals surface area contributed by atoms with Gasteiger partial charge in [-0.1, -0.05) is 248 Å². The van der Waals surface area contributed by atoms with Gasteiger partial charge in [0, 0.05) is 38.0 Å². The first-order chi connectivity index (χ1) is 46.8. The highest BCUT2D eigenvalue weighted by Crippen LogP contribution is 2.66. The maximum atomic E-state index is 16.3. The molecule has 0 bridgehead atoms. The average molecular weight is 1230 g/mol. The molecule has 2 spiro atoms. The molecule has 2 aliphatic heterocycles. The van der Waals surface area contributed by atoms with Crippen LogP contribution in [0, 0.1) is 0 Å². The van der Waals surface area contributed by atoms with Gasteiger partial charge >= 0.3 is 0 Å². The fourth-order valence-electron chi connectivity index (χ4n) is 18.1. The number of para-hydroxylation sites is 6. The summed E-state index contributed by atoms with van der Waals surface area (Å²) < 4.78 is 4.63. The van der Waals surface area contributed by atoms with E-state index in [0.717, 1.165) is 78.1 Å². The maximum absolute atomic E-state index is 16.3. The lowest BCUT2D eigenvalue weighted by Gasteiger charge is -2.45. The van der Waals surface area contributed by atoms with Gasteiger partial charge in [-0.15, -0.1) is 0 Å². The molecule has 13 aromatic carbocycles. The minimum atomic E-state index is -0.641. The van der Waals surface area contributed by atoms with Crippen molar-refractivity contribution in [3.05, 3.63) is 355 Å². The Morgan fingerprint density at radius 3 is 0.906 bits per heavy atom. The fourth-order valence-corrected chi connectivity index (χ4v) is 18.1. The first-order valence-corrected chi connectivity index (χ1v) is 33.6. The molecule has 20 rings (SSSR count). The molecule has 6 nitrogen and oxygen atoms in total. The highest BCUT2D eigenvalue weighted by atomic mass is 16.1. The zero-order valence-corrected chi connectivity index (χ0v) is 54.2. The maximum Gasteiger partial charge on any atom is 0.197 e. The molecule has 0 N–H and O–H groups in total. The molecule has 16 aromatic rings. The molecular formula is C90H64N4O2. The van der Waals surface area contributed by atoms with E-state index in [2.05, 4.69) is 339 Å². The van der Waals surface area contributed by atoms with Gasteiger partial charge in [-0.25, -0.2) is 0 Å². The van der Waals surface area contributed by atoms with Crippen LogP contribution in [0.15, 0.2) is 289 Å². The van der Waals surface area contributed by atoms with Gasteiger partial charge in [0.15, 0.2) is 10.9 Å². The zero-order chi connectivity index (χ0) is 64.5. The van der Waals surface area contributed by atoms with Gasteiger partial charge in [0.2, 0.25) is 0 Å². The van der Waals surface area contributed by atoms with E-state index in [0.29, 0.717) is 32.7 Å². The number of anilines is 6. The summed E-state index contributed by atoms with van der Waals surface area (Å²) in [6.45, 7) is 13.2. The Hall–Kier alpha value is -11.6. The largest absolute Gasteiger partial charge is 0.308 e. The molecule has 0 unspecified atom stereocenters. The van der Waals surface area contributed by atoms with Crippen molar-refractivity contribution in [2.24, 2.45) is 0 Å². The predicted molar refractivity (Wildman–Crippen MR) is 396 cm³/mol. The lowest BCUT2D eigenvalue weighted by Crippen LogP contribution is -2.36. The number of hydrogen-bond acceptors (Lipinski definition) is 4. The van der Waals surface area contributed by atoms with Gasteiger partial charge in [-0.2, -0.15) is 0 Å².